The Morgan fingerprint density at radius 3 is 3.00 bits per heavy atom. The lowest BCUT2D eigenvalue weighted by Gasteiger charge is -2.09. The number of hydrogen-bond acceptors (Lipinski definition) is 2. The maximum absolute atomic E-state index is 12.2. The van der Waals surface area contributed by atoms with Gasteiger partial charge in [0.1, 0.15) is 0 Å². The average Bonchev–Trinajstić information content (AvgIpc) is 3.21. The summed E-state index contributed by atoms with van der Waals surface area (Å²) >= 11 is 0. The van der Waals surface area contributed by atoms with E-state index in [9.17, 15) is 4.79 Å². The second-order valence-electron chi connectivity index (χ2n) is 5.71. The maximum atomic E-state index is 12.2. The Hall–Kier alpha value is -2.31. The molecule has 5 N–H and O–H groups in total. The molecule has 2 heterocycles. The molecule has 24 heavy (non-hydrogen) atoms. The molecule has 128 valence electrons. The van der Waals surface area contributed by atoms with Crippen LogP contribution >= 0.6 is 0 Å². The summed E-state index contributed by atoms with van der Waals surface area (Å²) in [7, 11) is 0. The molecule has 6 nitrogen and oxygen atoms in total. The summed E-state index contributed by atoms with van der Waals surface area (Å²) in [5, 5.41) is 4.12. The third-order valence-electron chi connectivity index (χ3n) is 3.96. The molecule has 0 radical (unpaired) electrons. The molecule has 0 bridgehead atoms. The normalized spacial score (nSPS) is 11.9. The number of quaternary nitrogens is 1. The van der Waals surface area contributed by atoms with Crippen molar-refractivity contribution >= 4 is 16.8 Å². The maximum Gasteiger partial charge on any atom is 0.278 e. The third-order valence-corrected chi connectivity index (χ3v) is 3.96. The topological polar surface area (TPSA) is 90.4 Å². The SMILES string of the molecule is [Cl-].[NH3+][C@@H](Cc1c[nH]c2ccccc12)C(=O)NCCCn1ccnc1. The number of carbonyl (C=O) groups is 1. The van der Waals surface area contributed by atoms with Gasteiger partial charge in [-0.3, -0.25) is 4.79 Å². The van der Waals surface area contributed by atoms with E-state index in [2.05, 4.69) is 27.1 Å². The van der Waals surface area contributed by atoms with Gasteiger partial charge in [0, 0.05) is 49.0 Å². The second-order valence-corrected chi connectivity index (χ2v) is 5.71. The fourth-order valence-electron chi connectivity index (χ4n) is 2.70. The standard InChI is InChI=1S/C17H21N5O.ClH/c18-15(10-13-11-21-16-5-2-1-4-14(13)16)17(23)20-6-3-8-22-9-7-19-12-22;/h1-2,4-5,7,9,11-12,15,21H,3,6,8,10,18H2,(H,20,23);1H/t15-;/m0./s1. The van der Waals surface area contributed by atoms with Crippen LogP contribution < -0.4 is 23.5 Å². The number of amides is 1. The van der Waals surface area contributed by atoms with Gasteiger partial charge >= 0.3 is 0 Å². The fraction of sp³-hybridized carbons (Fsp3) is 0.294. The summed E-state index contributed by atoms with van der Waals surface area (Å²) in [6, 6.07) is 7.82. The number of hydrogen-bond donors (Lipinski definition) is 3. The number of benzene rings is 1. The van der Waals surface area contributed by atoms with Gasteiger partial charge in [-0.2, -0.15) is 0 Å². The highest BCUT2D eigenvalue weighted by atomic mass is 35.5. The van der Waals surface area contributed by atoms with Crippen molar-refractivity contribution in [2.75, 3.05) is 6.54 Å². The van der Waals surface area contributed by atoms with Crippen LogP contribution in [-0.2, 0) is 17.8 Å². The smallest absolute Gasteiger partial charge is 0.278 e. The minimum atomic E-state index is -0.289. The third kappa shape index (κ3) is 4.37. The predicted molar refractivity (Wildman–Crippen MR) is 88.5 cm³/mol. The highest BCUT2D eigenvalue weighted by Gasteiger charge is 2.18. The van der Waals surface area contributed by atoms with Crippen LogP contribution in [0.4, 0.5) is 0 Å². The zero-order valence-corrected chi connectivity index (χ0v) is 14.2. The van der Waals surface area contributed by atoms with Crippen LogP contribution in [0.2, 0.25) is 0 Å². The van der Waals surface area contributed by atoms with Gasteiger partial charge < -0.3 is 33.0 Å². The van der Waals surface area contributed by atoms with Crippen LogP contribution in [-0.4, -0.2) is 33.0 Å². The first-order valence-corrected chi connectivity index (χ1v) is 7.85. The molecule has 1 atom stereocenters. The van der Waals surface area contributed by atoms with E-state index in [4.69, 9.17) is 0 Å². The number of para-hydroxylation sites is 1. The van der Waals surface area contributed by atoms with Crippen LogP contribution in [0.15, 0.2) is 49.2 Å². The van der Waals surface area contributed by atoms with E-state index < -0.39 is 0 Å². The number of halogens is 1. The van der Waals surface area contributed by atoms with Crippen molar-refractivity contribution in [2.24, 2.45) is 0 Å². The summed E-state index contributed by atoms with van der Waals surface area (Å²) in [5.74, 6) is 0.000845. The van der Waals surface area contributed by atoms with Crippen molar-refractivity contribution < 1.29 is 22.9 Å². The summed E-state index contributed by atoms with van der Waals surface area (Å²) in [5.41, 5.74) is 6.23. The molecule has 0 unspecified atom stereocenters. The first kappa shape index (κ1) is 18.0. The lowest BCUT2D eigenvalue weighted by Crippen LogP contribution is -3.00. The van der Waals surface area contributed by atoms with Crippen molar-refractivity contribution in [1.82, 2.24) is 19.9 Å². The van der Waals surface area contributed by atoms with E-state index in [0.717, 1.165) is 29.4 Å². The van der Waals surface area contributed by atoms with E-state index in [0.29, 0.717) is 13.0 Å². The predicted octanol–water partition coefficient (Wildman–Crippen LogP) is -2.27. The number of rotatable bonds is 7. The van der Waals surface area contributed by atoms with Gasteiger partial charge in [-0.05, 0) is 18.1 Å². The number of nitrogens with one attached hydrogen (secondary N) is 2. The number of aromatic nitrogens is 3. The van der Waals surface area contributed by atoms with Crippen LogP contribution in [0, 0.1) is 0 Å². The van der Waals surface area contributed by atoms with E-state index >= 15 is 0 Å². The Morgan fingerprint density at radius 2 is 2.21 bits per heavy atom. The molecular formula is C17H22ClN5O. The van der Waals surface area contributed by atoms with Crippen LogP contribution in [0.3, 0.4) is 0 Å². The molecule has 0 fully saturated rings. The number of nitrogens with zero attached hydrogens (tertiary/aromatic N) is 2. The fourth-order valence-corrected chi connectivity index (χ4v) is 2.70. The molecule has 0 aliphatic carbocycles. The van der Waals surface area contributed by atoms with Gasteiger partial charge in [0.25, 0.3) is 5.91 Å². The van der Waals surface area contributed by atoms with Crippen LogP contribution in [0.1, 0.15) is 12.0 Å². The van der Waals surface area contributed by atoms with Crippen LogP contribution in [0.5, 0.6) is 0 Å². The molecule has 1 aromatic carbocycles. The molecule has 0 spiro atoms. The minimum absolute atomic E-state index is 0. The Bertz CT molecular complexity index is 768. The quantitative estimate of drug-likeness (QED) is 0.421. The molecule has 0 aliphatic rings. The molecule has 2 aromatic heterocycles. The monoisotopic (exact) mass is 347 g/mol. The summed E-state index contributed by atoms with van der Waals surface area (Å²) in [6.45, 7) is 1.50. The first-order valence-electron chi connectivity index (χ1n) is 7.85. The molecule has 3 aromatic rings. The van der Waals surface area contributed by atoms with E-state index in [1.165, 1.54) is 0 Å². The molecule has 7 heteroatoms. The molecule has 1 amide bonds. The van der Waals surface area contributed by atoms with Gasteiger partial charge in [-0.15, -0.1) is 0 Å². The lowest BCUT2D eigenvalue weighted by molar-refractivity contribution is -0.403. The van der Waals surface area contributed by atoms with E-state index in [-0.39, 0.29) is 24.4 Å². The Labute approximate surface area is 146 Å². The highest BCUT2D eigenvalue weighted by molar-refractivity contribution is 5.85. The number of H-pyrrole nitrogens is 1. The van der Waals surface area contributed by atoms with E-state index in [1.807, 2.05) is 35.2 Å². The lowest BCUT2D eigenvalue weighted by atomic mass is 10.1. The van der Waals surface area contributed by atoms with Crippen molar-refractivity contribution in [3.8, 4) is 0 Å². The van der Waals surface area contributed by atoms with Crippen molar-refractivity contribution in [2.45, 2.75) is 25.4 Å². The number of carbonyl (C=O) groups excluding carboxylic acids is 1. The van der Waals surface area contributed by atoms with Gasteiger partial charge in [0.05, 0.1) is 6.33 Å². The van der Waals surface area contributed by atoms with Gasteiger partial charge in [0.2, 0.25) is 0 Å². The number of imidazole rings is 1. The Kier molecular flexibility index (Phi) is 6.40. The largest absolute Gasteiger partial charge is 1.00 e. The zero-order valence-electron chi connectivity index (χ0n) is 13.4. The summed E-state index contributed by atoms with van der Waals surface area (Å²) < 4.78 is 2.00. The summed E-state index contributed by atoms with van der Waals surface area (Å²) in [4.78, 5) is 19.4. The van der Waals surface area contributed by atoms with Crippen molar-refractivity contribution in [3.05, 3.63) is 54.7 Å². The number of aryl methyl sites for hydroxylation is 1. The first-order chi connectivity index (χ1) is 11.2. The Balaban J connectivity index is 0.00000208. The second kappa shape index (κ2) is 8.52. The molecule has 0 aliphatic heterocycles. The van der Waals surface area contributed by atoms with Gasteiger partial charge in [0.15, 0.2) is 6.04 Å². The average molecular weight is 348 g/mol. The molecule has 3 rings (SSSR count). The number of fused-ring (bicyclic) bond motifs is 1. The van der Waals surface area contributed by atoms with Crippen molar-refractivity contribution in [1.29, 1.82) is 0 Å². The molecule has 0 saturated heterocycles. The minimum Gasteiger partial charge on any atom is -1.00 e. The van der Waals surface area contributed by atoms with Gasteiger partial charge in [-0.25, -0.2) is 4.98 Å². The van der Waals surface area contributed by atoms with Gasteiger partial charge in [-0.1, -0.05) is 18.2 Å². The zero-order chi connectivity index (χ0) is 16.1. The summed E-state index contributed by atoms with van der Waals surface area (Å²) in [6.07, 6.45) is 8.94. The van der Waals surface area contributed by atoms with Crippen LogP contribution in [0.25, 0.3) is 10.9 Å². The van der Waals surface area contributed by atoms with E-state index in [1.54, 1.807) is 12.5 Å². The molecule has 0 saturated carbocycles. The number of aromatic amines is 1. The molecular weight excluding hydrogens is 326 g/mol. The Morgan fingerprint density at radius 1 is 1.38 bits per heavy atom. The van der Waals surface area contributed by atoms with Crippen molar-refractivity contribution in [3.63, 3.8) is 0 Å². The highest BCUT2D eigenvalue weighted by Crippen LogP contribution is 2.18.